The molecule has 0 radical (unpaired) electrons. The number of nitrogens with zero attached hydrogens (tertiary/aromatic N) is 1. The van der Waals surface area contributed by atoms with Crippen molar-refractivity contribution in [1.29, 1.82) is 0 Å². The van der Waals surface area contributed by atoms with Crippen LogP contribution in [0.25, 0.3) is 0 Å². The van der Waals surface area contributed by atoms with Crippen LogP contribution in [0.2, 0.25) is 0 Å². The molecule has 114 valence electrons. The highest BCUT2D eigenvalue weighted by molar-refractivity contribution is 5.02. The minimum absolute atomic E-state index is 0.136. The summed E-state index contributed by atoms with van der Waals surface area (Å²) in [5.74, 6) is 0.136. The first-order chi connectivity index (χ1) is 8.29. The molecule has 0 aromatic heterocycles. The molecule has 3 nitrogen and oxygen atoms in total. The Morgan fingerprint density at radius 1 is 1.16 bits per heavy atom. The molecule has 3 atom stereocenters. The maximum atomic E-state index is 10.5. The number of ether oxygens (including phenoxy) is 1. The molecule has 0 aromatic carbocycles. The lowest BCUT2D eigenvalue weighted by Gasteiger charge is -2.39. The Labute approximate surface area is 119 Å². The summed E-state index contributed by atoms with van der Waals surface area (Å²) in [5.41, 5.74) is -0.506. The van der Waals surface area contributed by atoms with Crippen LogP contribution in [0.3, 0.4) is 0 Å². The summed E-state index contributed by atoms with van der Waals surface area (Å²) in [6.45, 7) is 18.0. The molecular formula is C16H33NO2. The molecule has 0 amide bonds. The zero-order valence-electron chi connectivity index (χ0n) is 14.2. The molecule has 1 aliphatic rings. The minimum Gasteiger partial charge on any atom is -0.390 e. The second-order valence-corrected chi connectivity index (χ2v) is 8.34. The Morgan fingerprint density at radius 2 is 1.63 bits per heavy atom. The van der Waals surface area contributed by atoms with E-state index < -0.39 is 11.7 Å². The molecular weight excluding hydrogens is 238 g/mol. The summed E-state index contributed by atoms with van der Waals surface area (Å²) in [6, 6.07) is 0.458. The van der Waals surface area contributed by atoms with Gasteiger partial charge in [-0.05, 0) is 47.1 Å². The van der Waals surface area contributed by atoms with Crippen molar-refractivity contribution in [3.63, 3.8) is 0 Å². The van der Waals surface area contributed by atoms with Crippen molar-refractivity contribution in [2.45, 2.75) is 78.7 Å². The van der Waals surface area contributed by atoms with Crippen molar-refractivity contribution in [3.8, 4) is 0 Å². The summed E-state index contributed by atoms with van der Waals surface area (Å²) < 4.78 is 6.05. The lowest BCUT2D eigenvalue weighted by Crippen LogP contribution is -2.47. The van der Waals surface area contributed by atoms with Crippen molar-refractivity contribution in [2.24, 2.45) is 11.3 Å². The summed E-state index contributed by atoms with van der Waals surface area (Å²) in [7, 11) is 2.14. The average molecular weight is 271 g/mol. The Morgan fingerprint density at radius 3 is 1.95 bits per heavy atom. The fourth-order valence-corrected chi connectivity index (χ4v) is 3.13. The van der Waals surface area contributed by atoms with Gasteiger partial charge in [-0.25, -0.2) is 0 Å². The topological polar surface area (TPSA) is 32.7 Å². The van der Waals surface area contributed by atoms with Gasteiger partial charge in [0.1, 0.15) is 0 Å². The number of aliphatic hydroxyl groups excluding tert-OH is 1. The van der Waals surface area contributed by atoms with Gasteiger partial charge in [-0.2, -0.15) is 0 Å². The average Bonchev–Trinajstić information content (AvgIpc) is 2.34. The van der Waals surface area contributed by atoms with Crippen LogP contribution in [0.5, 0.6) is 0 Å². The molecule has 1 aliphatic heterocycles. The molecule has 1 saturated heterocycles. The molecule has 1 heterocycles. The molecule has 1 rings (SSSR count). The Balaban J connectivity index is 2.82. The number of aliphatic hydroxyl groups is 1. The van der Waals surface area contributed by atoms with E-state index in [1.807, 2.05) is 13.8 Å². The van der Waals surface area contributed by atoms with Gasteiger partial charge in [0.2, 0.25) is 0 Å². The highest BCUT2D eigenvalue weighted by Crippen LogP contribution is 2.43. The van der Waals surface area contributed by atoms with Crippen molar-refractivity contribution in [2.75, 3.05) is 13.6 Å². The maximum absolute atomic E-state index is 10.5. The van der Waals surface area contributed by atoms with Gasteiger partial charge in [0.25, 0.3) is 0 Å². The molecule has 0 bridgehead atoms. The van der Waals surface area contributed by atoms with E-state index in [-0.39, 0.29) is 16.9 Å². The smallest absolute Gasteiger partial charge is 0.0896 e. The van der Waals surface area contributed by atoms with E-state index in [4.69, 9.17) is 4.74 Å². The molecule has 1 fully saturated rings. The van der Waals surface area contributed by atoms with Crippen molar-refractivity contribution >= 4 is 0 Å². The van der Waals surface area contributed by atoms with E-state index in [0.29, 0.717) is 6.04 Å². The van der Waals surface area contributed by atoms with E-state index in [9.17, 15) is 5.11 Å². The minimum atomic E-state index is -0.458. The van der Waals surface area contributed by atoms with E-state index >= 15 is 0 Å². The van der Waals surface area contributed by atoms with Crippen LogP contribution in [0.4, 0.5) is 0 Å². The molecule has 0 aliphatic carbocycles. The monoisotopic (exact) mass is 271 g/mol. The van der Waals surface area contributed by atoms with Crippen molar-refractivity contribution in [3.05, 3.63) is 0 Å². The van der Waals surface area contributed by atoms with Crippen LogP contribution in [-0.2, 0) is 4.74 Å². The van der Waals surface area contributed by atoms with E-state index in [2.05, 4.69) is 53.5 Å². The van der Waals surface area contributed by atoms with Gasteiger partial charge in [0.05, 0.1) is 17.3 Å². The second kappa shape index (κ2) is 5.01. The third-order valence-electron chi connectivity index (χ3n) is 4.91. The van der Waals surface area contributed by atoms with Crippen LogP contribution in [0.1, 0.15) is 55.4 Å². The Bertz CT molecular complexity index is 317. The number of hydrogen-bond donors (Lipinski definition) is 1. The van der Waals surface area contributed by atoms with Gasteiger partial charge < -0.3 is 14.7 Å². The highest BCUT2D eigenvalue weighted by Gasteiger charge is 2.53. The van der Waals surface area contributed by atoms with E-state index in [1.165, 1.54) is 0 Å². The first kappa shape index (κ1) is 16.9. The van der Waals surface area contributed by atoms with Gasteiger partial charge in [0.15, 0.2) is 0 Å². The quantitative estimate of drug-likeness (QED) is 0.856. The standard InChI is InChI=1S/C16H33NO2/c1-11(14(2,3)4)17(9)10-12-13(18)16(7,8)19-15(12,5)6/h11-13,18H,10H2,1-9H3. The molecule has 0 spiro atoms. The molecule has 0 aromatic rings. The molecule has 0 saturated carbocycles. The van der Waals surface area contributed by atoms with Crippen molar-refractivity contribution < 1.29 is 9.84 Å². The first-order valence-electron chi connectivity index (χ1n) is 7.37. The fraction of sp³-hybridized carbons (Fsp3) is 1.00. The predicted molar refractivity (Wildman–Crippen MR) is 80.3 cm³/mol. The number of rotatable bonds is 3. The van der Waals surface area contributed by atoms with Crippen LogP contribution in [0, 0.1) is 11.3 Å². The maximum Gasteiger partial charge on any atom is 0.0896 e. The molecule has 1 N–H and O–H groups in total. The SMILES string of the molecule is CC(N(C)CC1C(O)C(C)(C)OC1(C)C)C(C)(C)C. The zero-order valence-corrected chi connectivity index (χ0v) is 14.2. The predicted octanol–water partition coefficient (Wildman–Crippen LogP) is 2.92. The van der Waals surface area contributed by atoms with E-state index in [1.54, 1.807) is 0 Å². The Kier molecular flexibility index (Phi) is 4.47. The van der Waals surface area contributed by atoms with Crippen LogP contribution < -0.4 is 0 Å². The fourth-order valence-electron chi connectivity index (χ4n) is 3.13. The zero-order chi connectivity index (χ0) is 15.2. The van der Waals surface area contributed by atoms with Gasteiger partial charge in [-0.15, -0.1) is 0 Å². The summed E-state index contributed by atoms with van der Waals surface area (Å²) in [6.07, 6.45) is -0.419. The Hall–Kier alpha value is -0.120. The number of hydrogen-bond acceptors (Lipinski definition) is 3. The third-order valence-corrected chi connectivity index (χ3v) is 4.91. The lowest BCUT2D eigenvalue weighted by atomic mass is 9.82. The van der Waals surface area contributed by atoms with Gasteiger partial charge >= 0.3 is 0 Å². The molecule has 19 heavy (non-hydrogen) atoms. The molecule has 3 unspecified atom stereocenters. The lowest BCUT2D eigenvalue weighted by molar-refractivity contribution is -0.0916. The summed E-state index contributed by atoms with van der Waals surface area (Å²) >= 11 is 0. The third kappa shape index (κ3) is 3.50. The second-order valence-electron chi connectivity index (χ2n) is 8.34. The van der Waals surface area contributed by atoms with Gasteiger partial charge in [-0.1, -0.05) is 20.8 Å². The highest BCUT2D eigenvalue weighted by atomic mass is 16.5. The largest absolute Gasteiger partial charge is 0.390 e. The summed E-state index contributed by atoms with van der Waals surface area (Å²) in [4.78, 5) is 2.35. The van der Waals surface area contributed by atoms with Crippen LogP contribution in [0.15, 0.2) is 0 Å². The summed E-state index contributed by atoms with van der Waals surface area (Å²) in [5, 5.41) is 10.5. The normalized spacial score (nSPS) is 31.7. The molecule has 3 heteroatoms. The van der Waals surface area contributed by atoms with Crippen LogP contribution in [-0.4, -0.2) is 46.9 Å². The van der Waals surface area contributed by atoms with Crippen LogP contribution >= 0.6 is 0 Å². The van der Waals surface area contributed by atoms with E-state index in [0.717, 1.165) is 6.54 Å². The first-order valence-corrected chi connectivity index (χ1v) is 7.37. The van der Waals surface area contributed by atoms with Crippen molar-refractivity contribution in [1.82, 2.24) is 4.90 Å². The van der Waals surface area contributed by atoms with Gasteiger partial charge in [-0.3, -0.25) is 0 Å². The van der Waals surface area contributed by atoms with Gasteiger partial charge in [0, 0.05) is 18.5 Å².